The van der Waals surface area contributed by atoms with Crippen LogP contribution in [0.4, 0.5) is 0 Å². The average molecular weight is 234 g/mol. The van der Waals surface area contributed by atoms with Crippen LogP contribution in [0.1, 0.15) is 25.0 Å². The van der Waals surface area contributed by atoms with E-state index in [0.29, 0.717) is 6.42 Å². The number of ketones is 1. The van der Waals surface area contributed by atoms with Gasteiger partial charge in [0.05, 0.1) is 11.8 Å². The van der Waals surface area contributed by atoms with Crippen molar-refractivity contribution >= 4 is 11.5 Å². The van der Waals surface area contributed by atoms with Crippen molar-refractivity contribution < 1.29 is 9.63 Å². The van der Waals surface area contributed by atoms with Crippen LogP contribution in [0.15, 0.2) is 29.4 Å². The molecule has 17 heavy (non-hydrogen) atoms. The lowest BCUT2D eigenvalue weighted by Crippen LogP contribution is -2.30. The quantitative estimate of drug-likeness (QED) is 0.620. The first-order chi connectivity index (χ1) is 8.04. The molecule has 1 aromatic carbocycles. The highest BCUT2D eigenvalue weighted by molar-refractivity contribution is 5.98. The average Bonchev–Trinajstić information content (AvgIpc) is 2.30. The van der Waals surface area contributed by atoms with Gasteiger partial charge in [0.1, 0.15) is 12.9 Å². The number of benzene rings is 1. The lowest BCUT2D eigenvalue weighted by atomic mass is 10.0. The highest BCUT2D eigenvalue weighted by atomic mass is 16.6. The molecule has 1 rings (SSSR count). The summed E-state index contributed by atoms with van der Waals surface area (Å²) in [6, 6.07) is 7.37. The van der Waals surface area contributed by atoms with Crippen molar-refractivity contribution in [3.63, 3.8) is 0 Å². The molecule has 0 aliphatic rings. The van der Waals surface area contributed by atoms with Gasteiger partial charge in [-0.05, 0) is 31.4 Å². The zero-order valence-electron chi connectivity index (χ0n) is 10.4. The summed E-state index contributed by atoms with van der Waals surface area (Å²) in [7, 11) is 1.52. The van der Waals surface area contributed by atoms with Gasteiger partial charge in [0.25, 0.3) is 0 Å². The molecule has 2 N–H and O–H groups in total. The minimum Gasteiger partial charge on any atom is -0.399 e. The molecule has 0 saturated heterocycles. The molecule has 0 heterocycles. The standard InChI is InChI=1S/C13H18N2O2/c1-9(15-17-3)12-6-4-11(5-7-12)8-13(14)10(2)16/h4-7,13H,8,14H2,1-3H3/b15-9-. The maximum atomic E-state index is 11.0. The summed E-state index contributed by atoms with van der Waals surface area (Å²) in [5, 5.41) is 3.85. The molecular weight excluding hydrogens is 216 g/mol. The minimum absolute atomic E-state index is 0.00574. The Morgan fingerprint density at radius 1 is 1.35 bits per heavy atom. The molecule has 1 aromatic rings. The second kappa shape index (κ2) is 6.15. The van der Waals surface area contributed by atoms with Gasteiger partial charge in [-0.15, -0.1) is 0 Å². The molecule has 0 aliphatic heterocycles. The molecule has 0 radical (unpaired) electrons. The summed E-state index contributed by atoms with van der Waals surface area (Å²) in [6.07, 6.45) is 0.566. The van der Waals surface area contributed by atoms with Gasteiger partial charge in [-0.1, -0.05) is 29.4 Å². The van der Waals surface area contributed by atoms with E-state index in [1.807, 2.05) is 31.2 Å². The Morgan fingerprint density at radius 3 is 2.41 bits per heavy atom. The summed E-state index contributed by atoms with van der Waals surface area (Å²) >= 11 is 0. The highest BCUT2D eigenvalue weighted by Gasteiger charge is 2.08. The van der Waals surface area contributed by atoms with Gasteiger partial charge in [-0.3, -0.25) is 4.79 Å². The van der Waals surface area contributed by atoms with Crippen molar-refractivity contribution in [2.24, 2.45) is 10.9 Å². The molecule has 4 heteroatoms. The van der Waals surface area contributed by atoms with E-state index in [0.717, 1.165) is 16.8 Å². The molecule has 0 fully saturated rings. The summed E-state index contributed by atoms with van der Waals surface area (Å²) in [5.74, 6) is 0.00574. The first kappa shape index (κ1) is 13.4. The Balaban J connectivity index is 2.75. The fraction of sp³-hybridized carbons (Fsp3) is 0.385. The van der Waals surface area contributed by atoms with Crippen LogP contribution in [0.2, 0.25) is 0 Å². The summed E-state index contributed by atoms with van der Waals surface area (Å²) in [5.41, 5.74) is 8.55. The van der Waals surface area contributed by atoms with Crippen LogP contribution in [0.25, 0.3) is 0 Å². The zero-order valence-corrected chi connectivity index (χ0v) is 10.4. The van der Waals surface area contributed by atoms with E-state index in [1.54, 1.807) is 0 Å². The first-order valence-corrected chi connectivity index (χ1v) is 5.47. The number of carbonyl (C=O) groups is 1. The molecule has 0 aromatic heterocycles. The van der Waals surface area contributed by atoms with E-state index in [2.05, 4.69) is 5.16 Å². The third-order valence-corrected chi connectivity index (χ3v) is 2.58. The van der Waals surface area contributed by atoms with Crippen molar-refractivity contribution in [3.05, 3.63) is 35.4 Å². The fourth-order valence-corrected chi connectivity index (χ4v) is 1.47. The molecular formula is C13H18N2O2. The van der Waals surface area contributed by atoms with E-state index in [4.69, 9.17) is 10.6 Å². The number of carbonyl (C=O) groups excluding carboxylic acids is 1. The van der Waals surface area contributed by atoms with Crippen LogP contribution < -0.4 is 5.73 Å². The van der Waals surface area contributed by atoms with E-state index in [-0.39, 0.29) is 5.78 Å². The van der Waals surface area contributed by atoms with Crippen LogP contribution >= 0.6 is 0 Å². The molecule has 0 saturated carbocycles. The number of hydrogen-bond acceptors (Lipinski definition) is 4. The van der Waals surface area contributed by atoms with Crippen molar-refractivity contribution in [3.8, 4) is 0 Å². The van der Waals surface area contributed by atoms with E-state index in [9.17, 15) is 4.79 Å². The minimum atomic E-state index is -0.422. The third kappa shape index (κ3) is 4.00. The molecule has 0 aliphatic carbocycles. The Kier molecular flexibility index (Phi) is 4.84. The van der Waals surface area contributed by atoms with Gasteiger partial charge in [-0.2, -0.15) is 0 Å². The molecule has 0 amide bonds. The Labute approximate surface area is 101 Å². The molecule has 4 nitrogen and oxygen atoms in total. The normalized spacial score (nSPS) is 13.3. The maximum Gasteiger partial charge on any atom is 0.146 e. The number of oxime groups is 1. The lowest BCUT2D eigenvalue weighted by Gasteiger charge is -2.08. The molecule has 1 atom stereocenters. The SMILES string of the molecule is CO/N=C(/C)c1ccc(CC(N)C(C)=O)cc1. The smallest absolute Gasteiger partial charge is 0.146 e. The van der Waals surface area contributed by atoms with Crippen LogP contribution in [0.3, 0.4) is 0 Å². The monoisotopic (exact) mass is 234 g/mol. The molecule has 92 valence electrons. The van der Waals surface area contributed by atoms with Gasteiger partial charge in [-0.25, -0.2) is 0 Å². The number of nitrogens with two attached hydrogens (primary N) is 1. The topological polar surface area (TPSA) is 64.7 Å². The second-order valence-corrected chi connectivity index (χ2v) is 3.98. The number of rotatable bonds is 5. The van der Waals surface area contributed by atoms with E-state index < -0.39 is 6.04 Å². The summed E-state index contributed by atoms with van der Waals surface area (Å²) < 4.78 is 0. The Hall–Kier alpha value is -1.68. The lowest BCUT2D eigenvalue weighted by molar-refractivity contribution is -0.118. The van der Waals surface area contributed by atoms with E-state index in [1.165, 1.54) is 14.0 Å². The Morgan fingerprint density at radius 2 is 1.94 bits per heavy atom. The summed E-state index contributed by atoms with van der Waals surface area (Å²) in [4.78, 5) is 15.8. The number of Topliss-reactive ketones (excluding diaryl/α,β-unsaturated/α-hetero) is 1. The number of hydrogen-bond donors (Lipinski definition) is 1. The third-order valence-electron chi connectivity index (χ3n) is 2.58. The second-order valence-electron chi connectivity index (χ2n) is 3.98. The van der Waals surface area contributed by atoms with Gasteiger partial charge in [0, 0.05) is 0 Å². The predicted molar refractivity (Wildman–Crippen MR) is 68.0 cm³/mol. The summed E-state index contributed by atoms with van der Waals surface area (Å²) in [6.45, 7) is 3.38. The van der Waals surface area contributed by atoms with Crippen LogP contribution in [-0.2, 0) is 16.1 Å². The number of nitrogens with zero attached hydrogens (tertiary/aromatic N) is 1. The van der Waals surface area contributed by atoms with Gasteiger partial charge in [0.15, 0.2) is 0 Å². The van der Waals surface area contributed by atoms with Gasteiger partial charge >= 0.3 is 0 Å². The fourth-order valence-electron chi connectivity index (χ4n) is 1.47. The predicted octanol–water partition coefficient (Wildman–Crippen LogP) is 1.52. The van der Waals surface area contributed by atoms with Gasteiger partial charge < -0.3 is 10.6 Å². The maximum absolute atomic E-state index is 11.0. The molecule has 0 bridgehead atoms. The van der Waals surface area contributed by atoms with Crippen molar-refractivity contribution in [1.82, 2.24) is 0 Å². The largest absolute Gasteiger partial charge is 0.399 e. The van der Waals surface area contributed by atoms with Crippen LogP contribution in [-0.4, -0.2) is 24.6 Å². The van der Waals surface area contributed by atoms with Crippen LogP contribution in [0, 0.1) is 0 Å². The van der Waals surface area contributed by atoms with Crippen molar-refractivity contribution in [2.45, 2.75) is 26.3 Å². The Bertz CT molecular complexity index is 410. The first-order valence-electron chi connectivity index (χ1n) is 5.47. The zero-order chi connectivity index (χ0) is 12.8. The highest BCUT2D eigenvalue weighted by Crippen LogP contribution is 2.08. The molecule has 0 spiro atoms. The molecule has 1 unspecified atom stereocenters. The van der Waals surface area contributed by atoms with Crippen LogP contribution in [0.5, 0.6) is 0 Å². The van der Waals surface area contributed by atoms with Gasteiger partial charge in [0.2, 0.25) is 0 Å². The van der Waals surface area contributed by atoms with Crippen molar-refractivity contribution in [1.29, 1.82) is 0 Å². The van der Waals surface area contributed by atoms with E-state index >= 15 is 0 Å². The van der Waals surface area contributed by atoms with Crippen molar-refractivity contribution in [2.75, 3.05) is 7.11 Å².